The maximum absolute atomic E-state index is 5.73. The van der Waals surface area contributed by atoms with Gasteiger partial charge in [-0.25, -0.2) is 0 Å². The number of nitrogens with two attached hydrogens (primary N) is 1. The molecule has 1 aromatic heterocycles. The number of anilines is 2. The fourth-order valence-corrected chi connectivity index (χ4v) is 2.42. The number of nitrogen functional groups attached to an aromatic ring is 1. The normalized spacial score (nSPS) is 25.0. The van der Waals surface area contributed by atoms with Gasteiger partial charge in [-0.1, -0.05) is 13.8 Å². The Kier molecular flexibility index (Phi) is 3.45. The van der Waals surface area contributed by atoms with Crippen LogP contribution in [0.2, 0.25) is 0 Å². The van der Waals surface area contributed by atoms with Crippen molar-refractivity contribution in [3.8, 4) is 0 Å². The van der Waals surface area contributed by atoms with Gasteiger partial charge in [0.1, 0.15) is 5.82 Å². The lowest BCUT2D eigenvalue weighted by Crippen LogP contribution is -2.41. The minimum absolute atomic E-state index is 0.331. The second-order valence-electron chi connectivity index (χ2n) is 4.94. The van der Waals surface area contributed by atoms with Crippen LogP contribution >= 0.6 is 0 Å². The molecule has 1 fully saturated rings. The first-order valence-corrected chi connectivity index (χ1v) is 6.37. The molecule has 0 aliphatic carbocycles. The average Bonchev–Trinajstić information content (AvgIpc) is 2.28. The monoisotopic (exact) mass is 235 g/mol. The molecule has 0 bridgehead atoms. The number of hydrogen-bond donors (Lipinski definition) is 1. The number of aryl methyl sites for hydroxylation is 1. The van der Waals surface area contributed by atoms with E-state index in [1.165, 1.54) is 12.8 Å². The molecule has 1 saturated heterocycles. The Hall–Kier alpha value is -1.39. The summed E-state index contributed by atoms with van der Waals surface area (Å²) in [4.78, 5) is 15.1. The van der Waals surface area contributed by atoms with Gasteiger partial charge in [0.15, 0.2) is 0 Å². The zero-order valence-electron chi connectivity index (χ0n) is 10.8. The van der Waals surface area contributed by atoms with Gasteiger partial charge in [-0.05, 0) is 25.7 Å². The summed E-state index contributed by atoms with van der Waals surface area (Å²) in [5, 5.41) is 0. The predicted molar refractivity (Wildman–Crippen MR) is 68.8 cm³/mol. The van der Waals surface area contributed by atoms with E-state index in [0.717, 1.165) is 30.7 Å². The first-order valence-electron chi connectivity index (χ1n) is 6.37. The Morgan fingerprint density at radius 2 is 2.06 bits per heavy atom. The van der Waals surface area contributed by atoms with E-state index in [1.807, 2.05) is 6.92 Å². The average molecular weight is 235 g/mol. The molecule has 0 spiro atoms. The van der Waals surface area contributed by atoms with E-state index in [-0.39, 0.29) is 0 Å². The van der Waals surface area contributed by atoms with Crippen molar-refractivity contribution in [2.45, 2.75) is 46.1 Å². The van der Waals surface area contributed by atoms with Gasteiger partial charge in [0.2, 0.25) is 11.9 Å². The number of nitrogens with zero attached hydrogens (tertiary/aromatic N) is 4. The van der Waals surface area contributed by atoms with Gasteiger partial charge in [-0.15, -0.1) is 0 Å². The SMILES string of the molecule is CCc1nc(N)nc(N2CCC(C)CC2C)n1. The maximum atomic E-state index is 5.73. The number of aromatic nitrogens is 3. The molecule has 2 unspecified atom stereocenters. The second kappa shape index (κ2) is 4.85. The highest BCUT2D eigenvalue weighted by Gasteiger charge is 2.25. The molecule has 2 rings (SSSR count). The van der Waals surface area contributed by atoms with Crippen LogP contribution in [0.5, 0.6) is 0 Å². The number of piperidine rings is 1. The Morgan fingerprint density at radius 1 is 1.29 bits per heavy atom. The Labute approximate surface area is 102 Å². The standard InChI is InChI=1S/C12H21N5/c1-4-10-14-11(13)16-12(15-10)17-6-5-8(2)7-9(17)3/h8-9H,4-7H2,1-3H3,(H2,13,14,15,16). The second-order valence-corrected chi connectivity index (χ2v) is 4.94. The minimum Gasteiger partial charge on any atom is -0.368 e. The van der Waals surface area contributed by atoms with Gasteiger partial charge >= 0.3 is 0 Å². The van der Waals surface area contributed by atoms with Crippen molar-refractivity contribution >= 4 is 11.9 Å². The van der Waals surface area contributed by atoms with E-state index >= 15 is 0 Å². The van der Waals surface area contributed by atoms with Crippen molar-refractivity contribution in [3.05, 3.63) is 5.82 Å². The first-order chi connectivity index (χ1) is 8.10. The van der Waals surface area contributed by atoms with E-state index in [9.17, 15) is 0 Å². The van der Waals surface area contributed by atoms with Crippen molar-refractivity contribution in [3.63, 3.8) is 0 Å². The Bertz CT molecular complexity index is 392. The molecule has 5 heteroatoms. The highest BCUT2D eigenvalue weighted by molar-refractivity contribution is 5.36. The van der Waals surface area contributed by atoms with Crippen LogP contribution in [0.25, 0.3) is 0 Å². The van der Waals surface area contributed by atoms with Gasteiger partial charge in [0, 0.05) is 19.0 Å². The fourth-order valence-electron chi connectivity index (χ4n) is 2.42. The summed E-state index contributed by atoms with van der Waals surface area (Å²) in [6.07, 6.45) is 3.17. The third kappa shape index (κ3) is 2.65. The lowest BCUT2D eigenvalue weighted by molar-refractivity contribution is 0.373. The molecule has 0 amide bonds. The summed E-state index contributed by atoms with van der Waals surface area (Å²) in [6.45, 7) is 7.56. The van der Waals surface area contributed by atoms with Crippen LogP contribution in [0, 0.1) is 5.92 Å². The van der Waals surface area contributed by atoms with Crippen LogP contribution in [-0.2, 0) is 6.42 Å². The summed E-state index contributed by atoms with van der Waals surface area (Å²) in [6, 6.07) is 0.477. The molecule has 1 aliphatic rings. The number of hydrogen-bond acceptors (Lipinski definition) is 5. The highest BCUT2D eigenvalue weighted by Crippen LogP contribution is 2.25. The van der Waals surface area contributed by atoms with Gasteiger partial charge < -0.3 is 10.6 Å². The van der Waals surface area contributed by atoms with Crippen molar-refractivity contribution in [1.82, 2.24) is 15.0 Å². The lowest BCUT2D eigenvalue weighted by atomic mass is 9.94. The fraction of sp³-hybridized carbons (Fsp3) is 0.750. The molecule has 0 radical (unpaired) electrons. The smallest absolute Gasteiger partial charge is 0.230 e. The summed E-state index contributed by atoms with van der Waals surface area (Å²) >= 11 is 0. The third-order valence-corrected chi connectivity index (χ3v) is 3.40. The van der Waals surface area contributed by atoms with E-state index in [4.69, 9.17) is 5.73 Å². The van der Waals surface area contributed by atoms with Crippen molar-refractivity contribution in [2.75, 3.05) is 17.2 Å². The van der Waals surface area contributed by atoms with Gasteiger partial charge in [0.25, 0.3) is 0 Å². The molecule has 1 aromatic rings. The van der Waals surface area contributed by atoms with E-state index in [0.29, 0.717) is 12.0 Å². The molecule has 5 nitrogen and oxygen atoms in total. The summed E-state index contributed by atoms with van der Waals surface area (Å²) < 4.78 is 0. The van der Waals surface area contributed by atoms with E-state index in [1.54, 1.807) is 0 Å². The zero-order valence-corrected chi connectivity index (χ0v) is 10.8. The molecule has 17 heavy (non-hydrogen) atoms. The van der Waals surface area contributed by atoms with Crippen LogP contribution in [0.4, 0.5) is 11.9 Å². The first kappa shape index (κ1) is 12.1. The van der Waals surface area contributed by atoms with Crippen LogP contribution in [0.1, 0.15) is 39.4 Å². The lowest BCUT2D eigenvalue weighted by Gasteiger charge is -2.36. The quantitative estimate of drug-likeness (QED) is 0.844. The van der Waals surface area contributed by atoms with E-state index < -0.39 is 0 Å². The van der Waals surface area contributed by atoms with Crippen LogP contribution in [0.15, 0.2) is 0 Å². The largest absolute Gasteiger partial charge is 0.368 e. The third-order valence-electron chi connectivity index (χ3n) is 3.40. The summed E-state index contributed by atoms with van der Waals surface area (Å²) in [5.74, 6) is 2.64. The predicted octanol–water partition coefficient (Wildman–Crippen LogP) is 1.64. The highest BCUT2D eigenvalue weighted by atomic mass is 15.3. The molecule has 0 aromatic carbocycles. The molecule has 1 aliphatic heterocycles. The Morgan fingerprint density at radius 3 is 2.71 bits per heavy atom. The maximum Gasteiger partial charge on any atom is 0.230 e. The zero-order chi connectivity index (χ0) is 12.4. The Balaban J connectivity index is 2.24. The van der Waals surface area contributed by atoms with Crippen LogP contribution < -0.4 is 10.6 Å². The van der Waals surface area contributed by atoms with E-state index in [2.05, 4.69) is 33.7 Å². The molecule has 94 valence electrons. The minimum atomic E-state index is 0.331. The molecule has 2 N–H and O–H groups in total. The van der Waals surface area contributed by atoms with Gasteiger partial charge in [-0.3, -0.25) is 0 Å². The van der Waals surface area contributed by atoms with Crippen molar-refractivity contribution in [1.29, 1.82) is 0 Å². The molecular formula is C12H21N5. The summed E-state index contributed by atoms with van der Waals surface area (Å²) in [7, 11) is 0. The molecule has 0 saturated carbocycles. The van der Waals surface area contributed by atoms with Gasteiger partial charge in [0.05, 0.1) is 0 Å². The molecular weight excluding hydrogens is 214 g/mol. The topological polar surface area (TPSA) is 67.9 Å². The summed E-state index contributed by atoms with van der Waals surface area (Å²) in [5.41, 5.74) is 5.73. The molecule has 2 heterocycles. The molecule has 2 atom stereocenters. The van der Waals surface area contributed by atoms with Crippen molar-refractivity contribution < 1.29 is 0 Å². The van der Waals surface area contributed by atoms with Crippen LogP contribution in [-0.4, -0.2) is 27.5 Å². The van der Waals surface area contributed by atoms with Crippen LogP contribution in [0.3, 0.4) is 0 Å². The van der Waals surface area contributed by atoms with Crippen molar-refractivity contribution in [2.24, 2.45) is 5.92 Å². The van der Waals surface area contributed by atoms with Gasteiger partial charge in [-0.2, -0.15) is 15.0 Å². The number of rotatable bonds is 2.